The van der Waals surface area contributed by atoms with Crippen molar-refractivity contribution in [3.8, 4) is 0 Å². The van der Waals surface area contributed by atoms with E-state index in [4.69, 9.17) is 10.9 Å². The third-order valence-corrected chi connectivity index (χ3v) is 5.26. The van der Waals surface area contributed by atoms with Crippen LogP contribution in [-0.4, -0.2) is 39.0 Å². The summed E-state index contributed by atoms with van der Waals surface area (Å²) in [7, 11) is -3.70. The van der Waals surface area contributed by atoms with Crippen molar-refractivity contribution in [2.24, 2.45) is 11.1 Å². The molecule has 1 aromatic carbocycles. The summed E-state index contributed by atoms with van der Waals surface area (Å²) in [5.74, 6) is 0.637. The number of anilines is 2. The number of primary sulfonamides is 1. The first-order chi connectivity index (χ1) is 9.43. The van der Waals surface area contributed by atoms with Gasteiger partial charge in [0.05, 0.1) is 16.3 Å². The molecule has 0 aromatic heterocycles. The molecule has 0 saturated carbocycles. The summed E-state index contributed by atoms with van der Waals surface area (Å²) in [6.07, 6.45) is 2.37. The van der Waals surface area contributed by atoms with E-state index in [1.54, 1.807) is 6.07 Å². The Labute approximate surface area is 119 Å². The number of nitrogen functional groups attached to an aromatic ring is 1. The monoisotopic (exact) mass is 296 g/mol. The molecule has 1 atom stereocenters. The summed E-state index contributed by atoms with van der Waals surface area (Å²) >= 11 is 0. The number of sulfonamides is 1. The Morgan fingerprint density at radius 3 is 2.50 bits per heavy atom. The van der Waals surface area contributed by atoms with Crippen LogP contribution < -0.4 is 16.2 Å². The first kappa shape index (κ1) is 13.7. The molecule has 6 nitrogen and oxygen atoms in total. The van der Waals surface area contributed by atoms with E-state index in [2.05, 4.69) is 10.2 Å². The predicted molar refractivity (Wildman–Crippen MR) is 78.8 cm³/mol. The lowest BCUT2D eigenvalue weighted by atomic mass is 9.84. The Morgan fingerprint density at radius 2 is 1.95 bits per heavy atom. The van der Waals surface area contributed by atoms with Crippen LogP contribution in [0.5, 0.6) is 0 Å². The van der Waals surface area contributed by atoms with E-state index < -0.39 is 10.0 Å². The molecule has 0 radical (unpaired) electrons. The number of nitrogens with one attached hydrogen (secondary N) is 1. The lowest BCUT2D eigenvalue weighted by molar-refractivity contribution is 0.0975. The van der Waals surface area contributed by atoms with Gasteiger partial charge in [-0.15, -0.1) is 0 Å². The zero-order valence-electron chi connectivity index (χ0n) is 11.2. The molecule has 1 aromatic rings. The minimum Gasteiger partial charge on any atom is -0.397 e. The molecular weight excluding hydrogens is 276 g/mol. The standard InChI is InChI=1S/C13H20N4O2S/c14-11-2-1-10(20(15,18)19)7-12(11)16-13-8-17-5-3-9(13)4-6-17/h1-2,7,9,13,16H,3-6,8,14H2,(H2,15,18,19). The van der Waals surface area contributed by atoms with Crippen LogP contribution in [0.4, 0.5) is 11.4 Å². The topological polar surface area (TPSA) is 101 Å². The smallest absolute Gasteiger partial charge is 0.238 e. The molecule has 3 fully saturated rings. The molecule has 0 spiro atoms. The molecule has 3 heterocycles. The van der Waals surface area contributed by atoms with Crippen LogP contribution in [0.2, 0.25) is 0 Å². The van der Waals surface area contributed by atoms with Crippen LogP contribution >= 0.6 is 0 Å². The minimum atomic E-state index is -3.70. The largest absolute Gasteiger partial charge is 0.397 e. The molecule has 2 bridgehead atoms. The highest BCUT2D eigenvalue weighted by molar-refractivity contribution is 7.89. The molecule has 110 valence electrons. The molecule has 0 amide bonds. The second kappa shape index (κ2) is 4.91. The van der Waals surface area contributed by atoms with E-state index >= 15 is 0 Å². The summed E-state index contributed by atoms with van der Waals surface area (Å²) in [5.41, 5.74) is 7.15. The summed E-state index contributed by atoms with van der Waals surface area (Å²) in [5, 5.41) is 8.57. The van der Waals surface area contributed by atoms with E-state index in [0.29, 0.717) is 23.3 Å². The maximum Gasteiger partial charge on any atom is 0.238 e. The van der Waals surface area contributed by atoms with E-state index in [1.165, 1.54) is 25.0 Å². The lowest BCUT2D eigenvalue weighted by Gasteiger charge is -2.45. The molecule has 3 aliphatic heterocycles. The molecule has 5 N–H and O–H groups in total. The third-order valence-electron chi connectivity index (χ3n) is 4.35. The van der Waals surface area contributed by atoms with Gasteiger partial charge in [-0.2, -0.15) is 0 Å². The fourth-order valence-electron chi connectivity index (χ4n) is 3.17. The lowest BCUT2D eigenvalue weighted by Crippen LogP contribution is -2.53. The average molecular weight is 296 g/mol. The first-order valence-corrected chi connectivity index (χ1v) is 8.39. The predicted octanol–water partition coefficient (Wildman–Crippen LogP) is 0.422. The van der Waals surface area contributed by atoms with Crippen molar-refractivity contribution in [1.82, 2.24) is 4.90 Å². The Bertz CT molecular complexity index is 609. The van der Waals surface area contributed by atoms with Crippen molar-refractivity contribution in [3.05, 3.63) is 18.2 Å². The third kappa shape index (κ3) is 2.61. The highest BCUT2D eigenvalue weighted by atomic mass is 32.2. The van der Waals surface area contributed by atoms with Crippen molar-refractivity contribution in [1.29, 1.82) is 0 Å². The molecule has 20 heavy (non-hydrogen) atoms. The molecular formula is C13H20N4O2S. The van der Waals surface area contributed by atoms with E-state index in [9.17, 15) is 8.42 Å². The summed E-state index contributed by atoms with van der Waals surface area (Å²) < 4.78 is 22.8. The number of rotatable bonds is 3. The first-order valence-electron chi connectivity index (χ1n) is 6.85. The van der Waals surface area contributed by atoms with Crippen LogP contribution in [0.25, 0.3) is 0 Å². The van der Waals surface area contributed by atoms with Gasteiger partial charge in [-0.3, -0.25) is 0 Å². The Hall–Kier alpha value is -1.31. The highest BCUT2D eigenvalue weighted by Gasteiger charge is 2.34. The molecule has 4 rings (SSSR count). The van der Waals surface area contributed by atoms with Gasteiger partial charge in [0.1, 0.15) is 0 Å². The summed E-state index contributed by atoms with van der Waals surface area (Å²) in [6, 6.07) is 4.88. The van der Waals surface area contributed by atoms with Crippen molar-refractivity contribution in [2.75, 3.05) is 30.7 Å². The Kier molecular flexibility index (Phi) is 3.35. The maximum atomic E-state index is 11.4. The van der Waals surface area contributed by atoms with E-state index in [1.807, 2.05) is 0 Å². The number of fused-ring (bicyclic) bond motifs is 3. The molecule has 3 aliphatic rings. The Morgan fingerprint density at radius 1 is 1.25 bits per heavy atom. The number of hydrogen-bond acceptors (Lipinski definition) is 5. The van der Waals surface area contributed by atoms with Crippen LogP contribution in [-0.2, 0) is 10.0 Å². The van der Waals surface area contributed by atoms with Gasteiger partial charge in [-0.1, -0.05) is 0 Å². The quantitative estimate of drug-likeness (QED) is 0.702. The van der Waals surface area contributed by atoms with Gasteiger partial charge < -0.3 is 16.0 Å². The molecule has 0 aliphatic carbocycles. The van der Waals surface area contributed by atoms with Crippen molar-refractivity contribution < 1.29 is 8.42 Å². The molecule has 7 heteroatoms. The zero-order chi connectivity index (χ0) is 14.3. The van der Waals surface area contributed by atoms with Gasteiger partial charge in [0.2, 0.25) is 10.0 Å². The van der Waals surface area contributed by atoms with Crippen LogP contribution in [0, 0.1) is 5.92 Å². The molecule has 1 unspecified atom stereocenters. The van der Waals surface area contributed by atoms with Crippen LogP contribution in [0.15, 0.2) is 23.1 Å². The number of nitrogens with two attached hydrogens (primary N) is 2. The van der Waals surface area contributed by atoms with Gasteiger partial charge in [0.15, 0.2) is 0 Å². The van der Waals surface area contributed by atoms with Gasteiger partial charge in [-0.05, 0) is 50.0 Å². The van der Waals surface area contributed by atoms with Crippen LogP contribution in [0.1, 0.15) is 12.8 Å². The normalized spacial score (nSPS) is 29.4. The van der Waals surface area contributed by atoms with Gasteiger partial charge in [-0.25, -0.2) is 13.6 Å². The maximum absolute atomic E-state index is 11.4. The van der Waals surface area contributed by atoms with Gasteiger partial charge in [0.25, 0.3) is 0 Å². The minimum absolute atomic E-state index is 0.0930. The average Bonchev–Trinajstić information content (AvgIpc) is 2.41. The van der Waals surface area contributed by atoms with Crippen LogP contribution in [0.3, 0.4) is 0 Å². The number of benzene rings is 1. The fraction of sp³-hybridized carbons (Fsp3) is 0.538. The van der Waals surface area contributed by atoms with E-state index in [0.717, 1.165) is 19.6 Å². The summed E-state index contributed by atoms with van der Waals surface area (Å²) in [4.78, 5) is 2.52. The SMILES string of the molecule is Nc1ccc(S(N)(=O)=O)cc1NC1CN2CCC1CC2. The van der Waals surface area contributed by atoms with Gasteiger partial charge in [0, 0.05) is 12.6 Å². The second-order valence-corrected chi connectivity index (χ2v) is 7.24. The summed E-state index contributed by atoms with van der Waals surface area (Å²) in [6.45, 7) is 3.31. The van der Waals surface area contributed by atoms with Crippen molar-refractivity contribution in [3.63, 3.8) is 0 Å². The number of hydrogen-bond donors (Lipinski definition) is 3. The fourth-order valence-corrected chi connectivity index (χ4v) is 3.71. The zero-order valence-corrected chi connectivity index (χ0v) is 12.1. The highest BCUT2D eigenvalue weighted by Crippen LogP contribution is 2.31. The van der Waals surface area contributed by atoms with Gasteiger partial charge >= 0.3 is 0 Å². The second-order valence-electron chi connectivity index (χ2n) is 5.68. The number of nitrogens with zero attached hydrogens (tertiary/aromatic N) is 1. The number of piperidine rings is 3. The van der Waals surface area contributed by atoms with Crippen molar-refractivity contribution >= 4 is 21.4 Å². The van der Waals surface area contributed by atoms with E-state index in [-0.39, 0.29) is 4.90 Å². The Balaban J connectivity index is 1.83. The van der Waals surface area contributed by atoms with Crippen molar-refractivity contribution in [2.45, 2.75) is 23.8 Å². The molecule has 3 saturated heterocycles.